The largest absolute Gasteiger partial charge is 0.493 e. The number of anilines is 1. The van der Waals surface area contributed by atoms with E-state index in [9.17, 15) is 0 Å². The molecule has 2 nitrogen and oxygen atoms in total. The minimum absolute atomic E-state index is 0.663. The van der Waals surface area contributed by atoms with Crippen LogP contribution in [0.1, 0.15) is 91.9 Å². The Bertz CT molecular complexity index is 424. The van der Waals surface area contributed by atoms with Gasteiger partial charge in [-0.3, -0.25) is 0 Å². The molecule has 1 aromatic rings. The molecule has 0 heterocycles. The lowest BCUT2D eigenvalue weighted by molar-refractivity contribution is 0.180. The van der Waals surface area contributed by atoms with Crippen LogP contribution in [0.15, 0.2) is 24.3 Å². The Hall–Kier alpha value is -1.18. The molecule has 2 heteroatoms. The molecule has 1 rings (SSSR count). The van der Waals surface area contributed by atoms with Crippen molar-refractivity contribution >= 4 is 5.69 Å². The smallest absolute Gasteiger partial charge is 0.119 e. The second kappa shape index (κ2) is 13.9. The van der Waals surface area contributed by atoms with Gasteiger partial charge in [0.2, 0.25) is 0 Å². The van der Waals surface area contributed by atoms with E-state index in [1.54, 1.807) is 0 Å². The van der Waals surface area contributed by atoms with Crippen LogP contribution in [0.4, 0.5) is 5.69 Å². The van der Waals surface area contributed by atoms with Crippen LogP contribution in [-0.4, -0.2) is 6.61 Å². The van der Waals surface area contributed by atoms with Crippen molar-refractivity contribution in [3.8, 4) is 5.75 Å². The first kappa shape index (κ1) is 22.9. The second-order valence-electron chi connectivity index (χ2n) is 8.05. The van der Waals surface area contributed by atoms with E-state index < -0.39 is 0 Å². The standard InChI is InChI=1S/C24H43NO/c1-5-9-11-20(7-3)17-22(18-21(8-4)12-10-6-2)19-26-24-15-13-23(25)14-16-24/h13-16,20-22H,5-12,17-19,25H2,1-4H3. The minimum atomic E-state index is 0.663. The summed E-state index contributed by atoms with van der Waals surface area (Å²) in [6.07, 6.45) is 13.3. The van der Waals surface area contributed by atoms with E-state index in [1.165, 1.54) is 64.2 Å². The monoisotopic (exact) mass is 361 g/mol. The van der Waals surface area contributed by atoms with Crippen molar-refractivity contribution in [2.24, 2.45) is 17.8 Å². The number of benzene rings is 1. The molecule has 150 valence electrons. The summed E-state index contributed by atoms with van der Waals surface area (Å²) in [7, 11) is 0. The summed E-state index contributed by atoms with van der Waals surface area (Å²) in [5.41, 5.74) is 6.58. The van der Waals surface area contributed by atoms with Gasteiger partial charge in [-0.2, -0.15) is 0 Å². The molecule has 0 aliphatic heterocycles. The highest BCUT2D eigenvalue weighted by Gasteiger charge is 2.20. The van der Waals surface area contributed by atoms with Gasteiger partial charge in [0.25, 0.3) is 0 Å². The summed E-state index contributed by atoms with van der Waals surface area (Å²) < 4.78 is 6.17. The molecular weight excluding hydrogens is 318 g/mol. The fraction of sp³-hybridized carbons (Fsp3) is 0.750. The average molecular weight is 362 g/mol. The Morgan fingerprint density at radius 3 is 1.69 bits per heavy atom. The number of nitrogens with two attached hydrogens (primary N) is 1. The molecule has 0 aromatic heterocycles. The molecule has 0 saturated heterocycles. The molecular formula is C24H43NO. The number of rotatable bonds is 15. The predicted octanol–water partition coefficient (Wildman–Crippen LogP) is 7.48. The Balaban J connectivity index is 2.66. The Morgan fingerprint density at radius 2 is 1.27 bits per heavy atom. The van der Waals surface area contributed by atoms with Gasteiger partial charge in [0.15, 0.2) is 0 Å². The zero-order valence-electron chi connectivity index (χ0n) is 17.8. The molecule has 0 amide bonds. The molecule has 2 unspecified atom stereocenters. The lowest BCUT2D eigenvalue weighted by Crippen LogP contribution is -2.20. The number of ether oxygens (including phenoxy) is 1. The van der Waals surface area contributed by atoms with E-state index in [0.29, 0.717) is 5.92 Å². The molecule has 0 aliphatic rings. The van der Waals surface area contributed by atoms with Crippen LogP contribution in [0.3, 0.4) is 0 Å². The molecule has 1 aromatic carbocycles. The highest BCUT2D eigenvalue weighted by atomic mass is 16.5. The molecule has 0 fully saturated rings. The number of nitrogen functional groups attached to an aromatic ring is 1. The van der Waals surface area contributed by atoms with Gasteiger partial charge in [-0.1, -0.05) is 79.1 Å². The maximum absolute atomic E-state index is 6.17. The van der Waals surface area contributed by atoms with Gasteiger partial charge in [-0.15, -0.1) is 0 Å². The van der Waals surface area contributed by atoms with Crippen molar-refractivity contribution in [3.05, 3.63) is 24.3 Å². The topological polar surface area (TPSA) is 35.2 Å². The van der Waals surface area contributed by atoms with Crippen molar-refractivity contribution < 1.29 is 4.74 Å². The minimum Gasteiger partial charge on any atom is -0.493 e. The van der Waals surface area contributed by atoms with E-state index >= 15 is 0 Å². The second-order valence-corrected chi connectivity index (χ2v) is 8.05. The third kappa shape index (κ3) is 9.50. The first-order valence-electron chi connectivity index (χ1n) is 11.1. The van der Waals surface area contributed by atoms with Gasteiger partial charge in [-0.05, 0) is 54.9 Å². The quantitative estimate of drug-likeness (QED) is 0.329. The summed E-state index contributed by atoms with van der Waals surface area (Å²) in [5, 5.41) is 0. The number of hydrogen-bond acceptors (Lipinski definition) is 2. The van der Waals surface area contributed by atoms with Crippen LogP contribution in [0, 0.1) is 17.8 Å². The Kier molecular flexibility index (Phi) is 12.3. The maximum Gasteiger partial charge on any atom is 0.119 e. The fourth-order valence-corrected chi connectivity index (χ4v) is 3.92. The van der Waals surface area contributed by atoms with Crippen LogP contribution in [0.5, 0.6) is 5.75 Å². The SMILES string of the molecule is CCCCC(CC)CC(COc1ccc(N)cc1)CC(CC)CCCC. The molecule has 2 atom stereocenters. The molecule has 0 bridgehead atoms. The van der Waals surface area contributed by atoms with Crippen molar-refractivity contribution in [1.29, 1.82) is 0 Å². The van der Waals surface area contributed by atoms with Crippen LogP contribution in [0.25, 0.3) is 0 Å². The Morgan fingerprint density at radius 1 is 0.769 bits per heavy atom. The van der Waals surface area contributed by atoms with Gasteiger partial charge in [0.1, 0.15) is 5.75 Å². The molecule has 0 aliphatic carbocycles. The summed E-state index contributed by atoms with van der Waals surface area (Å²) in [6, 6.07) is 7.84. The maximum atomic E-state index is 6.17. The van der Waals surface area contributed by atoms with E-state index in [1.807, 2.05) is 24.3 Å². The van der Waals surface area contributed by atoms with E-state index in [4.69, 9.17) is 10.5 Å². The van der Waals surface area contributed by atoms with E-state index in [-0.39, 0.29) is 0 Å². The van der Waals surface area contributed by atoms with Gasteiger partial charge in [-0.25, -0.2) is 0 Å². The van der Waals surface area contributed by atoms with Gasteiger partial charge in [0.05, 0.1) is 6.61 Å². The lowest BCUT2D eigenvalue weighted by atomic mass is 9.82. The molecule has 0 spiro atoms. The molecule has 2 N–H and O–H groups in total. The predicted molar refractivity (Wildman–Crippen MR) is 116 cm³/mol. The van der Waals surface area contributed by atoms with Crippen molar-refractivity contribution in [1.82, 2.24) is 0 Å². The third-order valence-corrected chi connectivity index (χ3v) is 5.79. The van der Waals surface area contributed by atoms with E-state index in [2.05, 4.69) is 27.7 Å². The molecule has 26 heavy (non-hydrogen) atoms. The van der Waals surface area contributed by atoms with Gasteiger partial charge < -0.3 is 10.5 Å². The summed E-state index contributed by atoms with van der Waals surface area (Å²) in [6.45, 7) is 10.1. The normalized spacial score (nSPS) is 14.8. The van der Waals surface area contributed by atoms with Gasteiger partial charge in [0, 0.05) is 5.69 Å². The molecule has 0 radical (unpaired) electrons. The molecule has 0 saturated carbocycles. The summed E-state index contributed by atoms with van der Waals surface area (Å²) in [4.78, 5) is 0. The van der Waals surface area contributed by atoms with Crippen LogP contribution in [-0.2, 0) is 0 Å². The summed E-state index contributed by atoms with van der Waals surface area (Å²) >= 11 is 0. The van der Waals surface area contributed by atoms with E-state index in [0.717, 1.165) is 29.9 Å². The first-order valence-corrected chi connectivity index (χ1v) is 11.1. The summed E-state index contributed by atoms with van der Waals surface area (Å²) in [5.74, 6) is 3.31. The number of hydrogen-bond donors (Lipinski definition) is 1. The van der Waals surface area contributed by atoms with Crippen LogP contribution in [0.2, 0.25) is 0 Å². The zero-order chi connectivity index (χ0) is 19.2. The van der Waals surface area contributed by atoms with Crippen molar-refractivity contribution in [3.63, 3.8) is 0 Å². The lowest BCUT2D eigenvalue weighted by Gasteiger charge is -2.27. The average Bonchev–Trinajstić information content (AvgIpc) is 2.67. The van der Waals surface area contributed by atoms with Crippen molar-refractivity contribution in [2.75, 3.05) is 12.3 Å². The van der Waals surface area contributed by atoms with Gasteiger partial charge >= 0.3 is 0 Å². The number of unbranched alkanes of at least 4 members (excludes halogenated alkanes) is 2. The Labute approximate surface area is 162 Å². The van der Waals surface area contributed by atoms with Crippen LogP contribution >= 0.6 is 0 Å². The highest BCUT2D eigenvalue weighted by molar-refractivity contribution is 5.41. The van der Waals surface area contributed by atoms with Crippen LogP contribution < -0.4 is 10.5 Å². The fourth-order valence-electron chi connectivity index (χ4n) is 3.92. The highest BCUT2D eigenvalue weighted by Crippen LogP contribution is 2.30. The van der Waals surface area contributed by atoms with Crippen molar-refractivity contribution in [2.45, 2.75) is 91.9 Å². The first-order chi connectivity index (χ1) is 12.6. The zero-order valence-corrected chi connectivity index (χ0v) is 17.8. The third-order valence-electron chi connectivity index (χ3n) is 5.79.